The van der Waals surface area contributed by atoms with Gasteiger partial charge in [-0.3, -0.25) is 9.59 Å². The minimum absolute atomic E-state index is 0.0699. The van der Waals surface area contributed by atoms with Gasteiger partial charge in [0.25, 0.3) is 0 Å². The minimum Gasteiger partial charge on any atom is -0.453 e. The molecule has 0 spiro atoms. The standard InChI is InChI=1S/C20H23NO4S2/c1-12-3-5-17-14(9-12)10-19(27-17)20(24)25-11-16(23)18-6-4-15(26-18)7-8-21-13(2)22/h4,6,10,12H,3,5,7-9,11H2,1-2H3,(H,21,22). The molecule has 7 heteroatoms. The first-order valence-electron chi connectivity index (χ1n) is 9.07. The third-order valence-corrected chi connectivity index (χ3v) is 6.95. The van der Waals surface area contributed by atoms with Crippen molar-refractivity contribution in [3.63, 3.8) is 0 Å². The molecule has 1 atom stereocenters. The summed E-state index contributed by atoms with van der Waals surface area (Å²) < 4.78 is 5.24. The van der Waals surface area contributed by atoms with Gasteiger partial charge in [-0.05, 0) is 55.4 Å². The summed E-state index contributed by atoms with van der Waals surface area (Å²) in [5.41, 5.74) is 1.25. The summed E-state index contributed by atoms with van der Waals surface area (Å²) in [4.78, 5) is 38.9. The molecule has 1 N–H and O–H groups in total. The maximum absolute atomic E-state index is 12.3. The van der Waals surface area contributed by atoms with Gasteiger partial charge < -0.3 is 10.1 Å². The molecular weight excluding hydrogens is 382 g/mol. The van der Waals surface area contributed by atoms with Crippen LogP contribution in [0.5, 0.6) is 0 Å². The Balaban J connectivity index is 1.51. The molecule has 5 nitrogen and oxygen atoms in total. The smallest absolute Gasteiger partial charge is 0.348 e. The Morgan fingerprint density at radius 2 is 2.04 bits per heavy atom. The van der Waals surface area contributed by atoms with Crippen LogP contribution in [0.4, 0.5) is 0 Å². The molecule has 2 aromatic heterocycles. The molecule has 0 fully saturated rings. The zero-order chi connectivity index (χ0) is 19.4. The van der Waals surface area contributed by atoms with Crippen molar-refractivity contribution in [1.29, 1.82) is 0 Å². The van der Waals surface area contributed by atoms with E-state index in [2.05, 4.69) is 12.2 Å². The number of esters is 1. The quantitative estimate of drug-likeness (QED) is 0.564. The van der Waals surface area contributed by atoms with Crippen molar-refractivity contribution >= 4 is 40.3 Å². The second-order valence-corrected chi connectivity index (χ2v) is 9.21. The van der Waals surface area contributed by atoms with E-state index in [9.17, 15) is 14.4 Å². The van der Waals surface area contributed by atoms with E-state index in [1.165, 1.54) is 40.0 Å². The zero-order valence-electron chi connectivity index (χ0n) is 15.5. The Morgan fingerprint density at radius 3 is 2.81 bits per heavy atom. The van der Waals surface area contributed by atoms with E-state index < -0.39 is 5.97 Å². The highest BCUT2D eigenvalue weighted by Crippen LogP contribution is 2.32. The predicted molar refractivity (Wildman–Crippen MR) is 107 cm³/mol. The minimum atomic E-state index is -0.419. The summed E-state index contributed by atoms with van der Waals surface area (Å²) in [6.07, 6.45) is 3.86. The molecule has 0 bridgehead atoms. The first kappa shape index (κ1) is 19.8. The van der Waals surface area contributed by atoms with Crippen LogP contribution in [0.3, 0.4) is 0 Å². The summed E-state index contributed by atoms with van der Waals surface area (Å²) in [5.74, 6) is -0.0392. The number of aryl methyl sites for hydroxylation is 1. The molecule has 2 heterocycles. The van der Waals surface area contributed by atoms with Crippen molar-refractivity contribution in [2.24, 2.45) is 5.92 Å². The Labute approximate surface area is 166 Å². The van der Waals surface area contributed by atoms with Crippen LogP contribution in [-0.2, 0) is 28.8 Å². The van der Waals surface area contributed by atoms with E-state index in [1.54, 1.807) is 6.07 Å². The summed E-state index contributed by atoms with van der Waals surface area (Å²) in [5, 5.41) is 2.73. The lowest BCUT2D eigenvalue weighted by Crippen LogP contribution is -2.22. The van der Waals surface area contributed by atoms with Crippen LogP contribution in [0.25, 0.3) is 0 Å². The normalized spacial score (nSPS) is 15.9. The Bertz CT molecular complexity index is 852. The molecule has 0 radical (unpaired) electrons. The van der Waals surface area contributed by atoms with Crippen molar-refractivity contribution < 1.29 is 19.1 Å². The molecule has 1 aliphatic carbocycles. The van der Waals surface area contributed by atoms with Gasteiger partial charge in [0.05, 0.1) is 4.88 Å². The van der Waals surface area contributed by atoms with Crippen molar-refractivity contribution in [2.75, 3.05) is 13.2 Å². The largest absolute Gasteiger partial charge is 0.453 e. The lowest BCUT2D eigenvalue weighted by molar-refractivity contribution is -0.118. The molecule has 1 aliphatic rings. The van der Waals surface area contributed by atoms with Gasteiger partial charge in [0.2, 0.25) is 11.7 Å². The van der Waals surface area contributed by atoms with Crippen molar-refractivity contribution in [1.82, 2.24) is 5.32 Å². The Hall–Kier alpha value is -1.99. The number of hydrogen-bond donors (Lipinski definition) is 1. The monoisotopic (exact) mass is 405 g/mol. The van der Waals surface area contributed by atoms with E-state index >= 15 is 0 Å². The average molecular weight is 406 g/mol. The molecule has 1 amide bonds. The van der Waals surface area contributed by atoms with Crippen LogP contribution in [0.1, 0.15) is 54.9 Å². The number of nitrogens with one attached hydrogen (secondary N) is 1. The number of fused-ring (bicyclic) bond motifs is 1. The molecule has 1 unspecified atom stereocenters. The van der Waals surface area contributed by atoms with Gasteiger partial charge in [0.1, 0.15) is 4.88 Å². The molecular formula is C20H23NO4S2. The predicted octanol–water partition coefficient (Wildman–Crippen LogP) is 3.65. The first-order chi connectivity index (χ1) is 12.9. The second kappa shape index (κ2) is 8.80. The van der Waals surface area contributed by atoms with Crippen molar-refractivity contribution in [2.45, 2.75) is 39.5 Å². The van der Waals surface area contributed by atoms with Crippen LogP contribution < -0.4 is 5.32 Å². The molecule has 144 valence electrons. The summed E-state index contributed by atoms with van der Waals surface area (Å²) in [6.45, 7) is 3.99. The summed E-state index contributed by atoms with van der Waals surface area (Å²) in [6, 6.07) is 5.54. The highest BCUT2D eigenvalue weighted by molar-refractivity contribution is 7.14. The molecule has 3 rings (SSSR count). The first-order valence-corrected chi connectivity index (χ1v) is 10.7. The van der Waals surface area contributed by atoms with Crippen LogP contribution in [0.2, 0.25) is 0 Å². The molecule has 27 heavy (non-hydrogen) atoms. The van der Waals surface area contributed by atoms with Crippen molar-refractivity contribution in [3.8, 4) is 0 Å². The fourth-order valence-electron chi connectivity index (χ4n) is 3.10. The van der Waals surface area contributed by atoms with Gasteiger partial charge in [0.15, 0.2) is 6.61 Å². The fraction of sp³-hybridized carbons (Fsp3) is 0.450. The zero-order valence-corrected chi connectivity index (χ0v) is 17.1. The van der Waals surface area contributed by atoms with Crippen LogP contribution >= 0.6 is 22.7 Å². The SMILES string of the molecule is CC(=O)NCCc1ccc(C(=O)COC(=O)c2cc3c(s2)CCC(C)C3)s1. The van der Waals surface area contributed by atoms with E-state index in [1.807, 2.05) is 12.1 Å². The van der Waals surface area contributed by atoms with Gasteiger partial charge in [-0.1, -0.05) is 6.92 Å². The number of ketones is 1. The number of hydrogen-bond acceptors (Lipinski definition) is 6. The van der Waals surface area contributed by atoms with E-state index in [0.717, 1.165) is 24.1 Å². The third kappa shape index (κ3) is 5.26. The lowest BCUT2D eigenvalue weighted by atomic mass is 9.90. The van der Waals surface area contributed by atoms with E-state index in [-0.39, 0.29) is 18.3 Å². The number of thiophene rings is 2. The molecule has 0 aromatic carbocycles. The number of carbonyl (C=O) groups excluding carboxylic acids is 3. The number of rotatable bonds is 7. The molecule has 2 aromatic rings. The number of Topliss-reactive ketones (excluding diaryl/α,β-unsaturated/α-hetero) is 1. The van der Waals surface area contributed by atoms with Gasteiger partial charge in [-0.25, -0.2) is 4.79 Å². The molecule has 0 aliphatic heterocycles. The van der Waals surface area contributed by atoms with Crippen LogP contribution in [-0.4, -0.2) is 30.8 Å². The fourth-order valence-corrected chi connectivity index (χ4v) is 5.14. The van der Waals surface area contributed by atoms with Gasteiger partial charge in [0, 0.05) is 23.2 Å². The number of amides is 1. The third-order valence-electron chi connectivity index (χ3n) is 4.55. The summed E-state index contributed by atoms with van der Waals surface area (Å²) >= 11 is 2.86. The van der Waals surface area contributed by atoms with Gasteiger partial charge >= 0.3 is 5.97 Å². The van der Waals surface area contributed by atoms with Crippen LogP contribution in [0.15, 0.2) is 18.2 Å². The maximum atomic E-state index is 12.3. The Morgan fingerprint density at radius 1 is 1.22 bits per heavy atom. The number of ether oxygens (including phenoxy) is 1. The van der Waals surface area contributed by atoms with E-state index in [4.69, 9.17) is 4.74 Å². The van der Waals surface area contributed by atoms with E-state index in [0.29, 0.717) is 28.6 Å². The molecule has 0 saturated heterocycles. The average Bonchev–Trinajstić information content (AvgIpc) is 3.25. The summed E-state index contributed by atoms with van der Waals surface area (Å²) in [7, 11) is 0. The topological polar surface area (TPSA) is 72.5 Å². The lowest BCUT2D eigenvalue weighted by Gasteiger charge is -2.16. The number of carbonyl (C=O) groups is 3. The van der Waals surface area contributed by atoms with Gasteiger partial charge in [-0.2, -0.15) is 0 Å². The molecule has 0 saturated carbocycles. The van der Waals surface area contributed by atoms with Crippen molar-refractivity contribution in [3.05, 3.63) is 43.3 Å². The highest BCUT2D eigenvalue weighted by Gasteiger charge is 2.22. The van der Waals surface area contributed by atoms with Crippen LogP contribution in [0, 0.1) is 5.92 Å². The van der Waals surface area contributed by atoms with Gasteiger partial charge in [-0.15, -0.1) is 22.7 Å². The maximum Gasteiger partial charge on any atom is 0.348 e. The highest BCUT2D eigenvalue weighted by atomic mass is 32.1. The Kier molecular flexibility index (Phi) is 6.44. The second-order valence-electron chi connectivity index (χ2n) is 6.91.